The van der Waals surface area contributed by atoms with Crippen LogP contribution in [0.3, 0.4) is 0 Å². The summed E-state index contributed by atoms with van der Waals surface area (Å²) in [6.45, 7) is 3.95. The van der Waals surface area contributed by atoms with Crippen LogP contribution in [0.2, 0.25) is 5.02 Å². The number of hydrogen-bond acceptors (Lipinski definition) is 4. The number of esters is 1. The Balaban J connectivity index is 1.79. The van der Waals surface area contributed by atoms with E-state index in [0.29, 0.717) is 34.1 Å². The third kappa shape index (κ3) is 4.46. The summed E-state index contributed by atoms with van der Waals surface area (Å²) in [5.74, 6) is -1.20. The van der Waals surface area contributed by atoms with Crippen molar-refractivity contribution in [1.82, 2.24) is 9.78 Å². The molecule has 0 aliphatic heterocycles. The molecule has 6 nitrogen and oxygen atoms in total. The van der Waals surface area contributed by atoms with Crippen LogP contribution in [0.25, 0.3) is 0 Å². The number of hydrogen-bond donors (Lipinski definition) is 1. The lowest BCUT2D eigenvalue weighted by molar-refractivity contribution is 0.0600. The number of aromatic nitrogens is 2. The summed E-state index contributed by atoms with van der Waals surface area (Å²) in [6.07, 6.45) is 0. The Kier molecular flexibility index (Phi) is 5.98. The SMILES string of the molecule is COC(=O)c1ccc(C(=O)Nc2c(C)nn(Cc3ccc(F)cc3Cl)c2C)cc1. The molecular formula is C21H19ClFN3O3. The van der Waals surface area contributed by atoms with Gasteiger partial charge in [0.15, 0.2) is 0 Å². The summed E-state index contributed by atoms with van der Waals surface area (Å²) in [4.78, 5) is 24.1. The van der Waals surface area contributed by atoms with E-state index in [1.807, 2.05) is 6.92 Å². The molecule has 0 radical (unpaired) electrons. The number of ether oxygens (including phenoxy) is 1. The molecule has 0 bridgehead atoms. The fourth-order valence-electron chi connectivity index (χ4n) is 2.90. The summed E-state index contributed by atoms with van der Waals surface area (Å²) in [5.41, 5.74) is 3.44. The lowest BCUT2D eigenvalue weighted by Crippen LogP contribution is -2.14. The molecule has 0 saturated carbocycles. The van der Waals surface area contributed by atoms with Gasteiger partial charge in [-0.05, 0) is 55.8 Å². The molecule has 0 atom stereocenters. The van der Waals surface area contributed by atoms with Crippen LogP contribution in [0.15, 0.2) is 42.5 Å². The van der Waals surface area contributed by atoms with Crippen LogP contribution >= 0.6 is 11.6 Å². The Morgan fingerprint density at radius 2 is 1.79 bits per heavy atom. The van der Waals surface area contributed by atoms with Crippen molar-refractivity contribution in [3.05, 3.63) is 81.4 Å². The van der Waals surface area contributed by atoms with Gasteiger partial charge in [0.25, 0.3) is 5.91 Å². The summed E-state index contributed by atoms with van der Waals surface area (Å²) in [7, 11) is 1.30. The van der Waals surface area contributed by atoms with Gasteiger partial charge in [0.2, 0.25) is 0 Å². The molecule has 1 heterocycles. The number of halogens is 2. The van der Waals surface area contributed by atoms with Crippen molar-refractivity contribution in [2.24, 2.45) is 0 Å². The number of carbonyl (C=O) groups is 2. The predicted molar refractivity (Wildman–Crippen MR) is 108 cm³/mol. The number of nitrogens with one attached hydrogen (secondary N) is 1. The molecule has 0 spiro atoms. The number of carbonyl (C=O) groups excluding carboxylic acids is 2. The zero-order valence-electron chi connectivity index (χ0n) is 16.1. The Hall–Kier alpha value is -3.19. The third-order valence-corrected chi connectivity index (χ3v) is 4.88. The molecule has 150 valence electrons. The van der Waals surface area contributed by atoms with E-state index in [4.69, 9.17) is 11.6 Å². The second-order valence-corrected chi connectivity index (χ2v) is 6.87. The first-order chi connectivity index (χ1) is 13.8. The Morgan fingerprint density at radius 3 is 2.41 bits per heavy atom. The second kappa shape index (κ2) is 8.45. The monoisotopic (exact) mass is 415 g/mol. The molecule has 3 rings (SSSR count). The maximum atomic E-state index is 13.2. The lowest BCUT2D eigenvalue weighted by atomic mass is 10.1. The van der Waals surface area contributed by atoms with Crippen LogP contribution in [-0.4, -0.2) is 28.8 Å². The van der Waals surface area contributed by atoms with Crippen molar-refractivity contribution in [1.29, 1.82) is 0 Å². The van der Waals surface area contributed by atoms with Gasteiger partial charge < -0.3 is 10.1 Å². The highest BCUT2D eigenvalue weighted by Crippen LogP contribution is 2.24. The topological polar surface area (TPSA) is 73.2 Å². The van der Waals surface area contributed by atoms with Gasteiger partial charge in [0.1, 0.15) is 5.82 Å². The first kappa shape index (κ1) is 20.5. The van der Waals surface area contributed by atoms with E-state index < -0.39 is 11.8 Å². The summed E-state index contributed by atoms with van der Waals surface area (Å²) >= 11 is 6.10. The van der Waals surface area contributed by atoms with Gasteiger partial charge in [-0.2, -0.15) is 5.10 Å². The van der Waals surface area contributed by atoms with E-state index >= 15 is 0 Å². The molecule has 0 aliphatic rings. The highest BCUT2D eigenvalue weighted by molar-refractivity contribution is 6.31. The second-order valence-electron chi connectivity index (χ2n) is 6.46. The van der Waals surface area contributed by atoms with E-state index in [0.717, 1.165) is 11.3 Å². The van der Waals surface area contributed by atoms with Crippen molar-refractivity contribution >= 4 is 29.2 Å². The van der Waals surface area contributed by atoms with E-state index in [1.165, 1.54) is 31.4 Å². The Labute approximate surface area is 172 Å². The minimum atomic E-state index is -0.468. The van der Waals surface area contributed by atoms with Gasteiger partial charge in [0, 0.05) is 10.6 Å². The van der Waals surface area contributed by atoms with Crippen LogP contribution in [-0.2, 0) is 11.3 Å². The molecular weight excluding hydrogens is 397 g/mol. The minimum absolute atomic E-state index is 0.314. The van der Waals surface area contributed by atoms with Crippen molar-refractivity contribution in [3.8, 4) is 0 Å². The van der Waals surface area contributed by atoms with Crippen molar-refractivity contribution < 1.29 is 18.7 Å². The van der Waals surface area contributed by atoms with Crippen LogP contribution in [0.1, 0.15) is 37.7 Å². The molecule has 0 aliphatic carbocycles. The van der Waals surface area contributed by atoms with Crippen LogP contribution < -0.4 is 5.32 Å². The first-order valence-electron chi connectivity index (χ1n) is 8.77. The lowest BCUT2D eigenvalue weighted by Gasteiger charge is -2.09. The average Bonchev–Trinajstić information content (AvgIpc) is 2.97. The highest BCUT2D eigenvalue weighted by Gasteiger charge is 2.17. The van der Waals surface area contributed by atoms with Crippen molar-refractivity contribution in [2.45, 2.75) is 20.4 Å². The number of anilines is 1. The van der Waals surface area contributed by atoms with Gasteiger partial charge in [0.05, 0.1) is 36.3 Å². The van der Waals surface area contributed by atoms with Crippen LogP contribution in [0, 0.1) is 19.7 Å². The number of aryl methyl sites for hydroxylation is 1. The van der Waals surface area contributed by atoms with E-state index in [-0.39, 0.29) is 5.91 Å². The zero-order chi connectivity index (χ0) is 21.1. The van der Waals surface area contributed by atoms with E-state index in [2.05, 4.69) is 15.2 Å². The number of methoxy groups -OCH3 is 1. The standard InChI is InChI=1S/C21H19ClFN3O3/c1-12-19(24-20(27)14-4-6-15(7-5-14)21(28)29-3)13(2)26(25-12)11-16-8-9-17(23)10-18(16)22/h4-10H,11H2,1-3H3,(H,24,27). The maximum absolute atomic E-state index is 13.2. The molecule has 29 heavy (non-hydrogen) atoms. The molecule has 3 aromatic rings. The van der Waals surface area contributed by atoms with Gasteiger partial charge >= 0.3 is 5.97 Å². The normalized spacial score (nSPS) is 10.7. The van der Waals surface area contributed by atoms with Crippen molar-refractivity contribution in [2.75, 3.05) is 12.4 Å². The number of nitrogens with zero attached hydrogens (tertiary/aromatic N) is 2. The van der Waals surface area contributed by atoms with Gasteiger partial charge in [-0.1, -0.05) is 17.7 Å². The van der Waals surface area contributed by atoms with Crippen LogP contribution in [0.5, 0.6) is 0 Å². The predicted octanol–water partition coefficient (Wildman–Crippen LogP) is 4.38. The Morgan fingerprint density at radius 1 is 1.14 bits per heavy atom. The number of amides is 1. The average molecular weight is 416 g/mol. The number of rotatable bonds is 5. The fraction of sp³-hybridized carbons (Fsp3) is 0.190. The summed E-state index contributed by atoms with van der Waals surface area (Å²) in [5, 5.41) is 7.62. The zero-order valence-corrected chi connectivity index (χ0v) is 16.9. The number of benzene rings is 2. The maximum Gasteiger partial charge on any atom is 0.337 e. The van der Waals surface area contributed by atoms with Gasteiger partial charge in [-0.3, -0.25) is 9.48 Å². The molecule has 0 unspecified atom stereocenters. The molecule has 1 N–H and O–H groups in total. The molecule has 2 aromatic carbocycles. The van der Waals surface area contributed by atoms with Crippen molar-refractivity contribution in [3.63, 3.8) is 0 Å². The summed E-state index contributed by atoms with van der Waals surface area (Å²) < 4.78 is 19.6. The van der Waals surface area contributed by atoms with Gasteiger partial charge in [-0.25, -0.2) is 9.18 Å². The quantitative estimate of drug-likeness (QED) is 0.627. The van der Waals surface area contributed by atoms with E-state index in [9.17, 15) is 14.0 Å². The molecule has 1 aromatic heterocycles. The largest absolute Gasteiger partial charge is 0.465 e. The molecule has 1 amide bonds. The molecule has 8 heteroatoms. The fourth-order valence-corrected chi connectivity index (χ4v) is 3.13. The molecule has 0 fully saturated rings. The van der Waals surface area contributed by atoms with Crippen LogP contribution in [0.4, 0.5) is 10.1 Å². The smallest absolute Gasteiger partial charge is 0.337 e. The Bertz CT molecular complexity index is 1080. The van der Waals surface area contributed by atoms with E-state index in [1.54, 1.807) is 29.8 Å². The molecule has 0 saturated heterocycles. The van der Waals surface area contributed by atoms with Gasteiger partial charge in [-0.15, -0.1) is 0 Å². The minimum Gasteiger partial charge on any atom is -0.465 e. The summed E-state index contributed by atoms with van der Waals surface area (Å²) in [6, 6.07) is 10.4. The third-order valence-electron chi connectivity index (χ3n) is 4.52. The first-order valence-corrected chi connectivity index (χ1v) is 9.15. The highest BCUT2D eigenvalue weighted by atomic mass is 35.5.